The van der Waals surface area contributed by atoms with Crippen LogP contribution in [0.4, 0.5) is 0 Å². The van der Waals surface area contributed by atoms with Crippen LogP contribution in [0.25, 0.3) is 0 Å². The van der Waals surface area contributed by atoms with E-state index in [1.807, 2.05) is 6.92 Å². The van der Waals surface area contributed by atoms with Crippen LogP contribution in [0, 0.1) is 0 Å². The summed E-state index contributed by atoms with van der Waals surface area (Å²) in [5.74, 6) is 0.261. The number of carbonyl (C=O) groups is 1. The molecule has 7 nitrogen and oxygen atoms in total. The van der Waals surface area contributed by atoms with E-state index in [1.54, 1.807) is 17.7 Å². The monoisotopic (exact) mass is 297 g/mol. The molecular formula is C14H23N3O4. The van der Waals surface area contributed by atoms with Crippen molar-refractivity contribution in [1.29, 1.82) is 0 Å². The van der Waals surface area contributed by atoms with Gasteiger partial charge < -0.3 is 25.2 Å². The lowest BCUT2D eigenvalue weighted by Gasteiger charge is -2.38. The van der Waals surface area contributed by atoms with Crippen molar-refractivity contribution in [2.45, 2.75) is 57.4 Å². The fourth-order valence-electron chi connectivity index (χ4n) is 2.70. The number of aromatic nitrogens is 2. The number of aliphatic hydroxyl groups excluding tert-OH is 3. The second-order valence-electron chi connectivity index (χ2n) is 5.38. The second kappa shape index (κ2) is 6.55. The van der Waals surface area contributed by atoms with E-state index in [0.29, 0.717) is 5.82 Å². The highest BCUT2D eigenvalue weighted by molar-refractivity contribution is 5.76. The van der Waals surface area contributed by atoms with Crippen molar-refractivity contribution >= 4 is 5.91 Å². The van der Waals surface area contributed by atoms with Crippen molar-refractivity contribution in [3.8, 4) is 0 Å². The minimum atomic E-state index is -1.19. The van der Waals surface area contributed by atoms with Gasteiger partial charge in [0, 0.05) is 12.6 Å². The van der Waals surface area contributed by atoms with Gasteiger partial charge in [0.1, 0.15) is 24.1 Å². The Bertz CT molecular complexity index is 502. The van der Waals surface area contributed by atoms with Gasteiger partial charge in [-0.25, -0.2) is 4.98 Å². The van der Waals surface area contributed by atoms with Crippen LogP contribution >= 0.6 is 0 Å². The summed E-state index contributed by atoms with van der Waals surface area (Å²) >= 11 is 0. The number of carbonyl (C=O) groups excluding carboxylic acids is 1. The molecule has 4 atom stereocenters. The molecule has 0 spiro atoms. The molecule has 1 aromatic heterocycles. The number of aliphatic hydroxyl groups is 3. The molecule has 2 rings (SSSR count). The maximum Gasteiger partial charge on any atom is 0.220 e. The van der Waals surface area contributed by atoms with Crippen LogP contribution in [0.2, 0.25) is 0 Å². The van der Waals surface area contributed by atoms with Gasteiger partial charge in [0.2, 0.25) is 5.91 Å². The number of hydrogen-bond donors (Lipinski definition) is 4. The molecule has 0 fully saturated rings. The molecule has 1 aliphatic heterocycles. The van der Waals surface area contributed by atoms with Crippen LogP contribution in [-0.2, 0) is 11.2 Å². The number of hydrogen-bond acceptors (Lipinski definition) is 5. The van der Waals surface area contributed by atoms with Crippen molar-refractivity contribution < 1.29 is 20.1 Å². The minimum Gasteiger partial charge on any atom is -0.394 e. The first-order chi connectivity index (χ1) is 10.0. The Kier molecular flexibility index (Phi) is 4.97. The number of amides is 1. The summed E-state index contributed by atoms with van der Waals surface area (Å²) in [4.78, 5) is 16.1. The van der Waals surface area contributed by atoms with Gasteiger partial charge in [0.25, 0.3) is 0 Å². The average Bonchev–Trinajstić information content (AvgIpc) is 2.87. The zero-order valence-corrected chi connectivity index (χ0v) is 12.4. The van der Waals surface area contributed by atoms with E-state index in [-0.39, 0.29) is 18.9 Å². The van der Waals surface area contributed by atoms with Gasteiger partial charge >= 0.3 is 0 Å². The van der Waals surface area contributed by atoms with Crippen LogP contribution in [-0.4, -0.2) is 49.6 Å². The highest BCUT2D eigenvalue weighted by Crippen LogP contribution is 2.32. The third-order valence-corrected chi connectivity index (χ3v) is 3.86. The molecule has 118 valence electrons. The van der Waals surface area contributed by atoms with E-state index >= 15 is 0 Å². The molecule has 0 saturated carbocycles. The molecule has 0 aromatic carbocycles. The van der Waals surface area contributed by atoms with E-state index in [2.05, 4.69) is 10.3 Å². The van der Waals surface area contributed by atoms with Crippen LogP contribution in [0.5, 0.6) is 0 Å². The first-order valence-corrected chi connectivity index (χ1v) is 7.37. The summed E-state index contributed by atoms with van der Waals surface area (Å²) in [7, 11) is 0. The van der Waals surface area contributed by atoms with Gasteiger partial charge in [0.15, 0.2) is 0 Å². The summed E-state index contributed by atoms with van der Waals surface area (Å²) < 4.78 is 1.67. The SMILES string of the molecule is CCCc1cn2c(n1)C(NC(=O)CC)C(O)[C@H](O)C2CO. The first-order valence-electron chi connectivity index (χ1n) is 7.37. The Morgan fingerprint density at radius 2 is 2.10 bits per heavy atom. The highest BCUT2D eigenvalue weighted by Gasteiger charge is 2.42. The molecule has 4 N–H and O–H groups in total. The molecule has 21 heavy (non-hydrogen) atoms. The van der Waals surface area contributed by atoms with E-state index in [9.17, 15) is 20.1 Å². The molecule has 2 heterocycles. The standard InChI is InChI=1S/C14H23N3O4/c1-3-5-8-6-17-9(7-18)12(20)13(21)11(14(17)15-8)16-10(19)4-2/h6,9,11-13,18,20-21H,3-5,7H2,1-2H3,(H,16,19)/t9?,11?,12-,13?/m1/s1. The highest BCUT2D eigenvalue weighted by atomic mass is 16.3. The van der Waals surface area contributed by atoms with Crippen LogP contribution in [0.1, 0.15) is 50.3 Å². The molecule has 7 heteroatoms. The zero-order chi connectivity index (χ0) is 15.6. The molecule has 0 saturated heterocycles. The van der Waals surface area contributed by atoms with Crippen LogP contribution < -0.4 is 5.32 Å². The molecule has 0 bridgehead atoms. The van der Waals surface area contributed by atoms with Crippen molar-refractivity contribution in [1.82, 2.24) is 14.9 Å². The van der Waals surface area contributed by atoms with Crippen molar-refractivity contribution in [3.05, 3.63) is 17.7 Å². The Hall–Kier alpha value is -1.44. The minimum absolute atomic E-state index is 0.222. The van der Waals surface area contributed by atoms with Gasteiger partial charge in [-0.15, -0.1) is 0 Å². The van der Waals surface area contributed by atoms with Gasteiger partial charge in [-0.3, -0.25) is 4.79 Å². The number of imidazole rings is 1. The Morgan fingerprint density at radius 1 is 1.38 bits per heavy atom. The van der Waals surface area contributed by atoms with Crippen LogP contribution in [0.3, 0.4) is 0 Å². The maximum absolute atomic E-state index is 11.6. The summed E-state index contributed by atoms with van der Waals surface area (Å²) in [5, 5.41) is 32.6. The van der Waals surface area contributed by atoms with E-state index in [1.165, 1.54) is 0 Å². The van der Waals surface area contributed by atoms with Gasteiger partial charge in [-0.1, -0.05) is 20.3 Å². The predicted molar refractivity (Wildman–Crippen MR) is 75.5 cm³/mol. The fourth-order valence-corrected chi connectivity index (χ4v) is 2.70. The third kappa shape index (κ3) is 2.95. The normalized spacial score (nSPS) is 28.2. The number of rotatable bonds is 5. The topological polar surface area (TPSA) is 108 Å². The third-order valence-electron chi connectivity index (χ3n) is 3.86. The Morgan fingerprint density at radius 3 is 2.67 bits per heavy atom. The summed E-state index contributed by atoms with van der Waals surface area (Å²) in [6, 6.07) is -1.41. The lowest BCUT2D eigenvalue weighted by atomic mass is 9.94. The van der Waals surface area contributed by atoms with Gasteiger partial charge in [-0.05, 0) is 6.42 Å². The van der Waals surface area contributed by atoms with Crippen molar-refractivity contribution in [3.63, 3.8) is 0 Å². The van der Waals surface area contributed by atoms with E-state index < -0.39 is 24.3 Å². The summed E-state index contributed by atoms with van der Waals surface area (Å²) in [6.07, 6.45) is 1.39. The number of aryl methyl sites for hydroxylation is 1. The van der Waals surface area contributed by atoms with E-state index in [0.717, 1.165) is 18.5 Å². The Labute approximate surface area is 123 Å². The summed E-state index contributed by atoms with van der Waals surface area (Å²) in [6.45, 7) is 3.44. The lowest BCUT2D eigenvalue weighted by Crippen LogP contribution is -2.51. The Balaban J connectivity index is 2.40. The zero-order valence-electron chi connectivity index (χ0n) is 12.4. The first kappa shape index (κ1) is 15.9. The van der Waals surface area contributed by atoms with Crippen LogP contribution in [0.15, 0.2) is 6.20 Å². The quantitative estimate of drug-likeness (QED) is 0.595. The van der Waals surface area contributed by atoms with Crippen molar-refractivity contribution in [2.75, 3.05) is 6.61 Å². The molecular weight excluding hydrogens is 274 g/mol. The largest absolute Gasteiger partial charge is 0.394 e. The molecule has 1 aliphatic rings. The smallest absolute Gasteiger partial charge is 0.220 e. The van der Waals surface area contributed by atoms with Gasteiger partial charge in [0.05, 0.1) is 18.3 Å². The number of fused-ring (bicyclic) bond motifs is 1. The second-order valence-corrected chi connectivity index (χ2v) is 5.38. The average molecular weight is 297 g/mol. The lowest BCUT2D eigenvalue weighted by molar-refractivity contribution is -0.125. The summed E-state index contributed by atoms with van der Waals surface area (Å²) in [5.41, 5.74) is 0.822. The maximum atomic E-state index is 11.6. The number of nitrogens with one attached hydrogen (secondary N) is 1. The van der Waals surface area contributed by atoms with E-state index in [4.69, 9.17) is 0 Å². The molecule has 0 radical (unpaired) electrons. The van der Waals surface area contributed by atoms with Crippen molar-refractivity contribution in [2.24, 2.45) is 0 Å². The number of nitrogens with zero attached hydrogens (tertiary/aromatic N) is 2. The molecule has 0 aliphatic carbocycles. The molecule has 1 aromatic rings. The fraction of sp³-hybridized carbons (Fsp3) is 0.714. The molecule has 3 unspecified atom stereocenters. The predicted octanol–water partition coefficient (Wildman–Crippen LogP) is -0.328. The van der Waals surface area contributed by atoms with Gasteiger partial charge in [-0.2, -0.15) is 0 Å². The molecule has 1 amide bonds.